The largest absolute Gasteiger partial charge is 0.493 e. The van der Waals surface area contributed by atoms with E-state index in [0.29, 0.717) is 28.5 Å². The van der Waals surface area contributed by atoms with Crippen molar-refractivity contribution in [3.05, 3.63) is 17.7 Å². The predicted octanol–water partition coefficient (Wildman–Crippen LogP) is 1.00. The van der Waals surface area contributed by atoms with Gasteiger partial charge in [-0.3, -0.25) is 0 Å². The minimum Gasteiger partial charge on any atom is -0.493 e. The zero-order chi connectivity index (χ0) is 13.4. The van der Waals surface area contributed by atoms with Crippen LogP contribution in [-0.4, -0.2) is 36.8 Å². The summed E-state index contributed by atoms with van der Waals surface area (Å²) >= 11 is 0. The quantitative estimate of drug-likeness (QED) is 0.877. The highest BCUT2D eigenvalue weighted by atomic mass is 16.7. The van der Waals surface area contributed by atoms with Gasteiger partial charge in [0, 0.05) is 12.0 Å². The van der Waals surface area contributed by atoms with Crippen molar-refractivity contribution >= 4 is 11.7 Å². The van der Waals surface area contributed by atoms with E-state index in [9.17, 15) is 4.79 Å². The van der Waals surface area contributed by atoms with E-state index in [1.165, 1.54) is 7.11 Å². The molecule has 3 rings (SSSR count). The van der Waals surface area contributed by atoms with Crippen molar-refractivity contribution in [1.29, 1.82) is 0 Å². The highest BCUT2D eigenvalue weighted by molar-refractivity contribution is 6.04. The van der Waals surface area contributed by atoms with Crippen LogP contribution in [0, 0.1) is 0 Å². The SMILES string of the molecule is COc1cc(C2=NOC(C(=O)O)C2)cc2c1OCO2. The summed E-state index contributed by atoms with van der Waals surface area (Å²) in [7, 11) is 1.52. The Kier molecular flexibility index (Phi) is 2.66. The van der Waals surface area contributed by atoms with Crippen molar-refractivity contribution in [2.75, 3.05) is 13.9 Å². The third-order valence-electron chi connectivity index (χ3n) is 2.94. The van der Waals surface area contributed by atoms with Gasteiger partial charge in [-0.2, -0.15) is 0 Å². The lowest BCUT2D eigenvalue weighted by Crippen LogP contribution is -2.19. The van der Waals surface area contributed by atoms with Gasteiger partial charge >= 0.3 is 5.97 Å². The number of methoxy groups -OCH3 is 1. The maximum absolute atomic E-state index is 10.8. The summed E-state index contributed by atoms with van der Waals surface area (Å²) in [5.41, 5.74) is 1.24. The molecule has 7 nitrogen and oxygen atoms in total. The fraction of sp³-hybridized carbons (Fsp3) is 0.333. The third kappa shape index (κ3) is 1.92. The van der Waals surface area contributed by atoms with Crippen LogP contribution < -0.4 is 14.2 Å². The Hall–Kier alpha value is -2.44. The number of hydrogen-bond donors (Lipinski definition) is 1. The van der Waals surface area contributed by atoms with Crippen LogP contribution in [0.2, 0.25) is 0 Å². The zero-order valence-corrected chi connectivity index (χ0v) is 10.1. The molecule has 100 valence electrons. The number of carboxylic acids is 1. The first-order valence-corrected chi connectivity index (χ1v) is 5.62. The first kappa shape index (κ1) is 11.6. The van der Waals surface area contributed by atoms with Crippen LogP contribution >= 0.6 is 0 Å². The average molecular weight is 265 g/mol. The highest BCUT2D eigenvalue weighted by Crippen LogP contribution is 2.42. The summed E-state index contributed by atoms with van der Waals surface area (Å²) in [4.78, 5) is 15.7. The molecule has 1 aromatic rings. The number of carboxylic acid groups (broad SMARTS) is 1. The summed E-state index contributed by atoms with van der Waals surface area (Å²) in [6.07, 6.45) is -0.732. The number of hydrogen-bond acceptors (Lipinski definition) is 6. The van der Waals surface area contributed by atoms with E-state index in [2.05, 4.69) is 5.16 Å². The summed E-state index contributed by atoms with van der Waals surface area (Å²) in [5, 5.41) is 12.7. The van der Waals surface area contributed by atoms with Gasteiger partial charge in [-0.05, 0) is 12.1 Å². The lowest BCUT2D eigenvalue weighted by Gasteiger charge is -2.07. The van der Waals surface area contributed by atoms with Gasteiger partial charge in [0.05, 0.1) is 12.8 Å². The Morgan fingerprint density at radius 2 is 2.32 bits per heavy atom. The molecule has 0 aliphatic carbocycles. The monoisotopic (exact) mass is 265 g/mol. The van der Waals surface area contributed by atoms with E-state index in [1.807, 2.05) is 0 Å². The van der Waals surface area contributed by atoms with Crippen molar-refractivity contribution in [2.24, 2.45) is 5.16 Å². The third-order valence-corrected chi connectivity index (χ3v) is 2.94. The number of aliphatic carboxylic acids is 1. The van der Waals surface area contributed by atoms with E-state index >= 15 is 0 Å². The van der Waals surface area contributed by atoms with Crippen LogP contribution in [0.4, 0.5) is 0 Å². The van der Waals surface area contributed by atoms with Gasteiger partial charge in [-0.15, -0.1) is 0 Å². The van der Waals surface area contributed by atoms with Gasteiger partial charge in [0.1, 0.15) is 0 Å². The molecule has 0 spiro atoms. The van der Waals surface area contributed by atoms with E-state index < -0.39 is 12.1 Å². The molecule has 2 heterocycles. The second-order valence-electron chi connectivity index (χ2n) is 4.09. The Morgan fingerprint density at radius 3 is 3.00 bits per heavy atom. The first-order valence-electron chi connectivity index (χ1n) is 5.62. The van der Waals surface area contributed by atoms with E-state index in [4.69, 9.17) is 24.2 Å². The van der Waals surface area contributed by atoms with Gasteiger partial charge in [0.2, 0.25) is 18.6 Å². The molecule has 0 saturated carbocycles. The van der Waals surface area contributed by atoms with Crippen molar-refractivity contribution in [1.82, 2.24) is 0 Å². The number of nitrogens with zero attached hydrogens (tertiary/aromatic N) is 1. The number of carbonyl (C=O) groups is 1. The summed E-state index contributed by atoms with van der Waals surface area (Å²) in [6.45, 7) is 0.135. The molecule has 1 atom stereocenters. The molecule has 1 N–H and O–H groups in total. The predicted molar refractivity (Wildman–Crippen MR) is 62.8 cm³/mol. The number of rotatable bonds is 3. The van der Waals surface area contributed by atoms with Crippen molar-refractivity contribution in [2.45, 2.75) is 12.5 Å². The summed E-state index contributed by atoms with van der Waals surface area (Å²) < 4.78 is 15.8. The van der Waals surface area contributed by atoms with Crippen molar-refractivity contribution in [3.8, 4) is 17.2 Å². The molecule has 0 aromatic heterocycles. The molecule has 2 aliphatic rings. The first-order chi connectivity index (χ1) is 9.19. The van der Waals surface area contributed by atoms with Crippen LogP contribution in [0.5, 0.6) is 17.2 Å². The van der Waals surface area contributed by atoms with Crippen LogP contribution in [0.1, 0.15) is 12.0 Å². The van der Waals surface area contributed by atoms with Gasteiger partial charge in [-0.25, -0.2) is 4.79 Å². The molecule has 1 aromatic carbocycles. The number of fused-ring (bicyclic) bond motifs is 1. The van der Waals surface area contributed by atoms with Gasteiger partial charge < -0.3 is 24.2 Å². The molecule has 0 saturated heterocycles. The van der Waals surface area contributed by atoms with Crippen LogP contribution in [0.15, 0.2) is 17.3 Å². The number of benzene rings is 1. The van der Waals surface area contributed by atoms with Gasteiger partial charge in [0.25, 0.3) is 0 Å². The molecule has 0 amide bonds. The molecule has 7 heteroatoms. The molecule has 1 unspecified atom stereocenters. The fourth-order valence-electron chi connectivity index (χ4n) is 1.98. The standard InChI is InChI=1S/C12H11NO6/c1-16-8-2-6(3-9-11(8)18-5-17-9)7-4-10(12(14)15)19-13-7/h2-3,10H,4-5H2,1H3,(H,14,15). The highest BCUT2D eigenvalue weighted by Gasteiger charge is 2.30. The minimum atomic E-state index is -1.04. The second-order valence-corrected chi connectivity index (χ2v) is 4.09. The summed E-state index contributed by atoms with van der Waals surface area (Å²) in [6, 6.07) is 3.46. The topological polar surface area (TPSA) is 86.6 Å². The average Bonchev–Trinajstić information content (AvgIpc) is 3.05. The Labute approximate surface area is 108 Å². The zero-order valence-electron chi connectivity index (χ0n) is 10.1. The van der Waals surface area contributed by atoms with Crippen molar-refractivity contribution in [3.63, 3.8) is 0 Å². The molecule has 2 aliphatic heterocycles. The molecular weight excluding hydrogens is 254 g/mol. The van der Waals surface area contributed by atoms with E-state index in [-0.39, 0.29) is 13.2 Å². The molecule has 19 heavy (non-hydrogen) atoms. The number of oxime groups is 1. The Bertz CT molecular complexity index is 568. The minimum absolute atomic E-state index is 0.135. The van der Waals surface area contributed by atoms with E-state index in [1.54, 1.807) is 12.1 Å². The lowest BCUT2D eigenvalue weighted by atomic mass is 10.0. The number of ether oxygens (including phenoxy) is 3. The molecular formula is C12H11NO6. The maximum Gasteiger partial charge on any atom is 0.348 e. The van der Waals surface area contributed by atoms with Crippen molar-refractivity contribution < 1.29 is 28.9 Å². The molecule has 0 radical (unpaired) electrons. The second kappa shape index (κ2) is 4.34. The Balaban J connectivity index is 1.92. The summed E-state index contributed by atoms with van der Waals surface area (Å²) in [5.74, 6) is 0.578. The van der Waals surface area contributed by atoms with Crippen LogP contribution in [0.3, 0.4) is 0 Å². The van der Waals surface area contributed by atoms with Crippen LogP contribution in [0.25, 0.3) is 0 Å². The van der Waals surface area contributed by atoms with Gasteiger partial charge in [-0.1, -0.05) is 5.16 Å². The normalized spacial score (nSPS) is 19.8. The Morgan fingerprint density at radius 1 is 1.47 bits per heavy atom. The smallest absolute Gasteiger partial charge is 0.348 e. The van der Waals surface area contributed by atoms with E-state index in [0.717, 1.165) is 0 Å². The lowest BCUT2D eigenvalue weighted by molar-refractivity contribution is -0.148. The molecule has 0 bridgehead atoms. The molecule has 0 fully saturated rings. The van der Waals surface area contributed by atoms with Crippen LogP contribution in [-0.2, 0) is 9.63 Å². The fourth-order valence-corrected chi connectivity index (χ4v) is 1.98. The maximum atomic E-state index is 10.8. The van der Waals surface area contributed by atoms with Gasteiger partial charge in [0.15, 0.2) is 11.5 Å².